The van der Waals surface area contributed by atoms with E-state index < -0.39 is 18.9 Å². The van der Waals surface area contributed by atoms with Gasteiger partial charge in [-0.15, -0.1) is 0 Å². The quantitative estimate of drug-likeness (QED) is 0.604. The first-order valence-corrected chi connectivity index (χ1v) is 8.95. The largest absolute Gasteiger partial charge is 0.435 e. The number of nitrogens with one attached hydrogen (secondary N) is 1. The number of nitrogens with zero attached hydrogens (tertiary/aromatic N) is 2. The molecule has 0 radical (unpaired) electrons. The van der Waals surface area contributed by atoms with Gasteiger partial charge in [0.2, 0.25) is 5.91 Å². The first kappa shape index (κ1) is 19.7. The first-order chi connectivity index (χ1) is 12.8. The molecule has 1 heterocycles. The standard InChI is InChI=1S/C17H16BrF4N3O2/c1-8-6-10(27-17(21)22)4-5-11(8)23-12(26)7-25-15(9-2-3-9)13(18)14(24-25)16(19)20/h4-6,9,16-17H,2-3,7H2,1H3,(H,23,26). The normalized spacial score (nSPS) is 14.1. The summed E-state index contributed by atoms with van der Waals surface area (Å²) in [5, 5.41) is 6.52. The van der Waals surface area contributed by atoms with Gasteiger partial charge in [0.15, 0.2) is 0 Å². The van der Waals surface area contributed by atoms with Gasteiger partial charge in [-0.3, -0.25) is 9.48 Å². The van der Waals surface area contributed by atoms with Gasteiger partial charge in [0.05, 0.1) is 10.2 Å². The van der Waals surface area contributed by atoms with Crippen molar-refractivity contribution in [2.24, 2.45) is 0 Å². The molecule has 1 saturated carbocycles. The fourth-order valence-corrected chi connectivity index (χ4v) is 3.54. The van der Waals surface area contributed by atoms with Crippen molar-refractivity contribution < 1.29 is 27.1 Å². The number of carbonyl (C=O) groups is 1. The van der Waals surface area contributed by atoms with Crippen molar-refractivity contribution >= 4 is 27.5 Å². The van der Waals surface area contributed by atoms with E-state index in [0.717, 1.165) is 12.8 Å². The highest BCUT2D eigenvalue weighted by Crippen LogP contribution is 2.45. The molecule has 0 bridgehead atoms. The second-order valence-electron chi connectivity index (χ2n) is 6.22. The van der Waals surface area contributed by atoms with Crippen molar-refractivity contribution in [1.29, 1.82) is 0 Å². The van der Waals surface area contributed by atoms with Crippen LogP contribution in [0.5, 0.6) is 5.75 Å². The Morgan fingerprint density at radius 1 is 1.37 bits per heavy atom. The molecule has 1 aromatic heterocycles. The molecular formula is C17H16BrF4N3O2. The lowest BCUT2D eigenvalue weighted by Gasteiger charge is -2.12. The molecule has 5 nitrogen and oxygen atoms in total. The summed E-state index contributed by atoms with van der Waals surface area (Å²) >= 11 is 3.17. The molecule has 0 spiro atoms. The molecule has 146 valence electrons. The van der Waals surface area contributed by atoms with Gasteiger partial charge in [-0.1, -0.05) is 0 Å². The van der Waals surface area contributed by atoms with Crippen LogP contribution in [0.25, 0.3) is 0 Å². The number of hydrogen-bond donors (Lipinski definition) is 1. The molecule has 0 atom stereocenters. The summed E-state index contributed by atoms with van der Waals surface area (Å²) in [5.41, 5.74) is 1.15. The van der Waals surface area contributed by atoms with Gasteiger partial charge in [-0.25, -0.2) is 8.78 Å². The van der Waals surface area contributed by atoms with E-state index in [0.29, 0.717) is 16.9 Å². The van der Waals surface area contributed by atoms with Crippen LogP contribution in [0, 0.1) is 6.92 Å². The highest BCUT2D eigenvalue weighted by Gasteiger charge is 2.34. The molecule has 1 N–H and O–H groups in total. The molecular weight excluding hydrogens is 434 g/mol. The van der Waals surface area contributed by atoms with E-state index in [1.807, 2.05) is 0 Å². The van der Waals surface area contributed by atoms with Crippen molar-refractivity contribution in [2.75, 3.05) is 5.32 Å². The first-order valence-electron chi connectivity index (χ1n) is 8.15. The number of anilines is 1. The maximum Gasteiger partial charge on any atom is 0.387 e. The number of ether oxygens (including phenoxy) is 1. The number of alkyl halides is 4. The summed E-state index contributed by atoms with van der Waals surface area (Å²) in [4.78, 5) is 12.4. The lowest BCUT2D eigenvalue weighted by molar-refractivity contribution is -0.117. The van der Waals surface area contributed by atoms with E-state index in [-0.39, 0.29) is 28.4 Å². The molecule has 2 aromatic rings. The summed E-state index contributed by atoms with van der Waals surface area (Å²) < 4.78 is 56.5. The predicted octanol–water partition coefficient (Wildman–Crippen LogP) is 5.01. The van der Waals surface area contributed by atoms with Crippen LogP contribution < -0.4 is 10.1 Å². The van der Waals surface area contributed by atoms with Gasteiger partial charge in [-0.05, 0) is 59.5 Å². The lowest BCUT2D eigenvalue weighted by atomic mass is 10.2. The predicted molar refractivity (Wildman–Crippen MR) is 93.3 cm³/mol. The van der Waals surface area contributed by atoms with E-state index in [4.69, 9.17) is 0 Å². The molecule has 1 amide bonds. The third kappa shape index (κ3) is 4.60. The zero-order valence-corrected chi connectivity index (χ0v) is 15.8. The van der Waals surface area contributed by atoms with E-state index in [1.54, 1.807) is 6.92 Å². The lowest BCUT2D eigenvalue weighted by Crippen LogP contribution is -2.21. The molecule has 3 rings (SSSR count). The Kier molecular flexibility index (Phi) is 5.73. The maximum atomic E-state index is 13.1. The number of hydrogen-bond acceptors (Lipinski definition) is 3. The number of amides is 1. The highest BCUT2D eigenvalue weighted by molar-refractivity contribution is 9.10. The zero-order valence-electron chi connectivity index (χ0n) is 14.2. The minimum Gasteiger partial charge on any atom is -0.435 e. The van der Waals surface area contributed by atoms with Gasteiger partial charge >= 0.3 is 6.61 Å². The molecule has 1 aliphatic carbocycles. The number of rotatable bonds is 7. The summed E-state index contributed by atoms with van der Waals surface area (Å²) in [6, 6.07) is 4.12. The minimum absolute atomic E-state index is 0.0194. The second-order valence-corrected chi connectivity index (χ2v) is 7.01. The number of aryl methyl sites for hydroxylation is 1. The van der Waals surface area contributed by atoms with E-state index in [2.05, 4.69) is 31.1 Å². The molecule has 1 aromatic carbocycles. The molecule has 1 fully saturated rings. The Bertz CT molecular complexity index is 853. The minimum atomic E-state index is -2.94. The van der Waals surface area contributed by atoms with Crippen LogP contribution in [-0.2, 0) is 11.3 Å². The smallest absolute Gasteiger partial charge is 0.387 e. The topological polar surface area (TPSA) is 56.1 Å². The Hall–Kier alpha value is -2.10. The van der Waals surface area contributed by atoms with Gasteiger partial charge < -0.3 is 10.1 Å². The Labute approximate surface area is 160 Å². The van der Waals surface area contributed by atoms with Crippen molar-refractivity contribution in [3.8, 4) is 5.75 Å². The van der Waals surface area contributed by atoms with Crippen molar-refractivity contribution in [3.63, 3.8) is 0 Å². The van der Waals surface area contributed by atoms with Gasteiger partial charge in [0.1, 0.15) is 18.0 Å². The molecule has 0 aliphatic heterocycles. The average Bonchev–Trinajstić information content (AvgIpc) is 3.34. The molecule has 0 unspecified atom stereocenters. The number of benzene rings is 1. The number of halogens is 5. The molecule has 1 aliphatic rings. The Balaban J connectivity index is 1.74. The summed E-state index contributed by atoms with van der Waals surface area (Å²) in [6.45, 7) is -1.54. The SMILES string of the molecule is Cc1cc(OC(F)F)ccc1NC(=O)Cn1nc(C(F)F)c(Br)c1C1CC1. The zero-order chi connectivity index (χ0) is 19.7. The molecule has 0 saturated heterocycles. The van der Waals surface area contributed by atoms with Crippen LogP contribution >= 0.6 is 15.9 Å². The Morgan fingerprint density at radius 2 is 2.07 bits per heavy atom. The average molecular weight is 450 g/mol. The van der Waals surface area contributed by atoms with Crippen LogP contribution in [0.4, 0.5) is 23.2 Å². The second kappa shape index (κ2) is 7.87. The molecule has 27 heavy (non-hydrogen) atoms. The highest BCUT2D eigenvalue weighted by atomic mass is 79.9. The van der Waals surface area contributed by atoms with Crippen LogP contribution in [0.2, 0.25) is 0 Å². The van der Waals surface area contributed by atoms with Gasteiger partial charge in [-0.2, -0.15) is 13.9 Å². The fourth-order valence-electron chi connectivity index (χ4n) is 2.76. The number of aromatic nitrogens is 2. The Morgan fingerprint density at radius 3 is 2.63 bits per heavy atom. The van der Waals surface area contributed by atoms with Gasteiger partial charge in [0.25, 0.3) is 6.43 Å². The summed E-state index contributed by atoms with van der Waals surface area (Å²) in [5.74, 6) is -0.368. The third-order valence-electron chi connectivity index (χ3n) is 4.12. The van der Waals surface area contributed by atoms with Crippen LogP contribution in [0.3, 0.4) is 0 Å². The third-order valence-corrected chi connectivity index (χ3v) is 4.93. The summed E-state index contributed by atoms with van der Waals surface area (Å²) in [6.07, 6.45) is -1.02. The fraction of sp³-hybridized carbons (Fsp3) is 0.412. The number of carbonyl (C=O) groups excluding carboxylic acids is 1. The van der Waals surface area contributed by atoms with Crippen LogP contribution in [0.1, 0.15) is 42.1 Å². The summed E-state index contributed by atoms with van der Waals surface area (Å²) in [7, 11) is 0. The van der Waals surface area contributed by atoms with E-state index >= 15 is 0 Å². The van der Waals surface area contributed by atoms with E-state index in [1.165, 1.54) is 22.9 Å². The van der Waals surface area contributed by atoms with Crippen molar-refractivity contribution in [1.82, 2.24) is 9.78 Å². The van der Waals surface area contributed by atoms with Crippen LogP contribution in [0.15, 0.2) is 22.7 Å². The van der Waals surface area contributed by atoms with Crippen LogP contribution in [-0.4, -0.2) is 22.3 Å². The maximum absolute atomic E-state index is 13.1. The monoisotopic (exact) mass is 449 g/mol. The molecule has 10 heteroatoms. The van der Waals surface area contributed by atoms with Crippen molar-refractivity contribution in [2.45, 2.75) is 45.3 Å². The van der Waals surface area contributed by atoms with E-state index in [9.17, 15) is 22.4 Å². The van der Waals surface area contributed by atoms with Gasteiger partial charge in [0, 0.05) is 11.6 Å². The van der Waals surface area contributed by atoms with Crippen molar-refractivity contribution in [3.05, 3.63) is 39.6 Å².